The van der Waals surface area contributed by atoms with Crippen molar-refractivity contribution in [2.45, 2.75) is 10.6 Å². The zero-order valence-corrected chi connectivity index (χ0v) is 19.1. The third-order valence-corrected chi connectivity index (χ3v) is 5.90. The van der Waals surface area contributed by atoms with Gasteiger partial charge in [0.1, 0.15) is 6.61 Å². The van der Waals surface area contributed by atoms with Crippen molar-refractivity contribution in [2.24, 2.45) is 5.14 Å². The molecule has 3 rings (SSSR count). The summed E-state index contributed by atoms with van der Waals surface area (Å²) < 4.78 is 23.7. The maximum absolute atomic E-state index is 12.6. The number of carbonyl (C=O) groups excluding carboxylic acids is 2. The van der Waals surface area contributed by atoms with E-state index < -0.39 is 34.3 Å². The Morgan fingerprint density at radius 1 is 0.912 bits per heavy atom. The molecule has 1 unspecified atom stereocenters. The second kappa shape index (κ2) is 10.2. The normalized spacial score (nSPS) is 12.9. The molecule has 3 aromatic carbocycles. The van der Waals surface area contributed by atoms with Crippen LogP contribution in [-0.4, -0.2) is 42.9 Å². The lowest BCUT2D eigenvalue weighted by molar-refractivity contribution is -0.140. The number of urea groups is 1. The van der Waals surface area contributed by atoms with Crippen LogP contribution in [-0.2, 0) is 14.8 Å². The molecule has 3 aromatic rings. The first kappa shape index (κ1) is 25.1. The van der Waals surface area contributed by atoms with Gasteiger partial charge < -0.3 is 20.8 Å². The number of nitrogens with one attached hydrogen (secondary N) is 3. The zero-order chi connectivity index (χ0) is 24.9. The molecule has 7 N–H and O–H groups in total. The van der Waals surface area contributed by atoms with E-state index in [2.05, 4.69) is 10.6 Å². The molecule has 0 fully saturated rings. The van der Waals surface area contributed by atoms with Crippen molar-refractivity contribution in [1.29, 1.82) is 0 Å². The zero-order valence-electron chi connectivity index (χ0n) is 17.5. The van der Waals surface area contributed by atoms with Crippen LogP contribution in [0.3, 0.4) is 0 Å². The smallest absolute Gasteiger partial charge is 0.321 e. The fourth-order valence-electron chi connectivity index (χ4n) is 2.97. The Balaban J connectivity index is 1.71. The molecule has 0 spiro atoms. The van der Waals surface area contributed by atoms with Gasteiger partial charge >= 0.3 is 6.03 Å². The van der Waals surface area contributed by atoms with Gasteiger partial charge in [0.2, 0.25) is 15.7 Å². The maximum atomic E-state index is 12.6. The van der Waals surface area contributed by atoms with Gasteiger partial charge in [-0.3, -0.25) is 10.1 Å². The molecule has 0 aliphatic carbocycles. The van der Waals surface area contributed by atoms with Crippen LogP contribution >= 0.6 is 11.6 Å². The first-order chi connectivity index (χ1) is 16.0. The Morgan fingerprint density at radius 2 is 1.47 bits per heavy atom. The fraction of sp³-hybridized carbons (Fsp3) is 0.0909. The Hall–Kier alpha value is -3.48. The lowest BCUT2D eigenvalue weighted by atomic mass is 10.1. The van der Waals surface area contributed by atoms with E-state index in [-0.39, 0.29) is 10.6 Å². The molecule has 178 valence electrons. The van der Waals surface area contributed by atoms with Crippen LogP contribution < -0.4 is 21.1 Å². The van der Waals surface area contributed by atoms with Crippen LogP contribution in [0.15, 0.2) is 77.7 Å². The van der Waals surface area contributed by atoms with Gasteiger partial charge in [0.05, 0.1) is 4.90 Å². The van der Waals surface area contributed by atoms with Gasteiger partial charge in [0, 0.05) is 22.0 Å². The number of primary sulfonamides is 1. The predicted molar refractivity (Wildman–Crippen MR) is 128 cm³/mol. The number of amides is 3. The minimum absolute atomic E-state index is 0.0580. The van der Waals surface area contributed by atoms with Gasteiger partial charge in [0.15, 0.2) is 0 Å². The van der Waals surface area contributed by atoms with Crippen molar-refractivity contribution in [3.8, 4) is 11.1 Å². The van der Waals surface area contributed by atoms with E-state index in [1.807, 2.05) is 5.32 Å². The van der Waals surface area contributed by atoms with E-state index in [1.54, 1.807) is 18.2 Å². The summed E-state index contributed by atoms with van der Waals surface area (Å²) in [5, 5.41) is 32.5. The number of anilines is 2. The van der Waals surface area contributed by atoms with E-state index in [1.165, 1.54) is 54.6 Å². The highest BCUT2D eigenvalue weighted by atomic mass is 35.5. The number of aliphatic hydroxyl groups excluding tert-OH is 1. The number of rotatable bonds is 7. The van der Waals surface area contributed by atoms with Crippen molar-refractivity contribution < 1.29 is 28.2 Å². The molecular weight excluding hydrogens is 484 g/mol. The molecule has 0 aliphatic rings. The molecule has 0 saturated heterocycles. The van der Waals surface area contributed by atoms with Gasteiger partial charge in [-0.25, -0.2) is 18.4 Å². The predicted octanol–water partition coefficient (Wildman–Crippen LogP) is 2.10. The standard InChI is InChI=1S/C22H21ClN4O6S/c23-15-7-11-17(12-8-15)26-21(30)27-22(31,13-28)20(29)25-16-9-5-14(6-10-16)18-3-1-2-4-19(18)34(24,32)33/h1-12,28,31H,13H2,(H,25,29)(H2,24,32,33)(H2,26,27,30). The molecule has 0 saturated carbocycles. The third-order valence-electron chi connectivity index (χ3n) is 4.67. The first-order valence-electron chi connectivity index (χ1n) is 9.73. The van der Waals surface area contributed by atoms with Crippen molar-refractivity contribution >= 4 is 44.9 Å². The fourth-order valence-corrected chi connectivity index (χ4v) is 3.86. The van der Waals surface area contributed by atoms with E-state index in [4.69, 9.17) is 16.7 Å². The second-order valence-corrected chi connectivity index (χ2v) is 9.14. The van der Waals surface area contributed by atoms with E-state index >= 15 is 0 Å². The molecule has 12 heteroatoms. The van der Waals surface area contributed by atoms with Crippen LogP contribution in [0.4, 0.5) is 16.2 Å². The number of carbonyl (C=O) groups is 2. The molecule has 0 heterocycles. The molecule has 10 nitrogen and oxygen atoms in total. The van der Waals surface area contributed by atoms with Crippen molar-refractivity contribution in [2.75, 3.05) is 17.2 Å². The number of sulfonamides is 1. The number of hydrogen-bond donors (Lipinski definition) is 6. The summed E-state index contributed by atoms with van der Waals surface area (Å²) in [6, 6.07) is 17.3. The number of nitrogens with two attached hydrogens (primary N) is 1. The van der Waals surface area contributed by atoms with Gasteiger partial charge in [-0.15, -0.1) is 0 Å². The summed E-state index contributed by atoms with van der Waals surface area (Å²) in [7, 11) is -3.95. The summed E-state index contributed by atoms with van der Waals surface area (Å²) in [6.07, 6.45) is 0. The Labute approximate surface area is 200 Å². The maximum Gasteiger partial charge on any atom is 0.321 e. The lowest BCUT2D eigenvalue weighted by Crippen LogP contribution is -2.60. The van der Waals surface area contributed by atoms with Gasteiger partial charge in [-0.1, -0.05) is 41.9 Å². The van der Waals surface area contributed by atoms with Crippen LogP contribution in [0.2, 0.25) is 5.02 Å². The highest BCUT2D eigenvalue weighted by Gasteiger charge is 2.37. The summed E-state index contributed by atoms with van der Waals surface area (Å²) in [4.78, 5) is 24.7. The van der Waals surface area contributed by atoms with Gasteiger partial charge in [-0.05, 0) is 48.0 Å². The van der Waals surface area contributed by atoms with E-state index in [9.17, 15) is 28.2 Å². The second-order valence-electron chi connectivity index (χ2n) is 7.18. The largest absolute Gasteiger partial charge is 0.391 e. The van der Waals surface area contributed by atoms with Crippen molar-refractivity contribution in [3.63, 3.8) is 0 Å². The van der Waals surface area contributed by atoms with Crippen LogP contribution in [0.25, 0.3) is 11.1 Å². The third kappa shape index (κ3) is 6.10. The first-order valence-corrected chi connectivity index (χ1v) is 11.7. The molecular formula is C22H21ClN4O6S. The summed E-state index contributed by atoms with van der Waals surface area (Å²) >= 11 is 5.78. The molecule has 0 bridgehead atoms. The highest BCUT2D eigenvalue weighted by Crippen LogP contribution is 2.27. The molecule has 1 atom stereocenters. The monoisotopic (exact) mass is 504 g/mol. The molecule has 0 aliphatic heterocycles. The average Bonchev–Trinajstić information content (AvgIpc) is 2.80. The SMILES string of the molecule is NS(=O)(=O)c1ccccc1-c1ccc(NC(=O)C(O)(CO)NC(=O)Nc2ccc(Cl)cc2)cc1. The van der Waals surface area contributed by atoms with Gasteiger partial charge in [0.25, 0.3) is 5.91 Å². The number of aliphatic hydroxyl groups is 2. The van der Waals surface area contributed by atoms with Gasteiger partial charge in [-0.2, -0.15) is 0 Å². The van der Waals surface area contributed by atoms with Crippen LogP contribution in [0, 0.1) is 0 Å². The van der Waals surface area contributed by atoms with Crippen molar-refractivity contribution in [1.82, 2.24) is 5.32 Å². The number of hydrogen-bond acceptors (Lipinski definition) is 6. The Bertz CT molecular complexity index is 1300. The van der Waals surface area contributed by atoms with Crippen LogP contribution in [0.1, 0.15) is 0 Å². The lowest BCUT2D eigenvalue weighted by Gasteiger charge is -2.26. The number of halogens is 1. The molecule has 3 amide bonds. The topological polar surface area (TPSA) is 171 Å². The quantitative estimate of drug-likeness (QED) is 0.269. The highest BCUT2D eigenvalue weighted by molar-refractivity contribution is 7.89. The van der Waals surface area contributed by atoms with E-state index in [0.717, 1.165) is 0 Å². The minimum atomic E-state index is -3.95. The summed E-state index contributed by atoms with van der Waals surface area (Å²) in [5.41, 5.74) is -1.18. The molecule has 34 heavy (non-hydrogen) atoms. The molecule has 0 aromatic heterocycles. The summed E-state index contributed by atoms with van der Waals surface area (Å²) in [5.74, 6) is -1.10. The van der Waals surface area contributed by atoms with Crippen LogP contribution in [0.5, 0.6) is 0 Å². The Morgan fingerprint density at radius 3 is 2.06 bits per heavy atom. The van der Waals surface area contributed by atoms with E-state index in [0.29, 0.717) is 21.8 Å². The summed E-state index contributed by atoms with van der Waals surface area (Å²) in [6.45, 7) is -1.10. The minimum Gasteiger partial charge on any atom is -0.391 e. The Kier molecular flexibility index (Phi) is 7.54. The average molecular weight is 505 g/mol. The van der Waals surface area contributed by atoms with Crippen molar-refractivity contribution in [3.05, 3.63) is 77.8 Å². The number of benzene rings is 3. The molecule has 0 radical (unpaired) electrons.